The zero-order valence-corrected chi connectivity index (χ0v) is 20.7. The van der Waals surface area contributed by atoms with Crippen LogP contribution in [0.2, 0.25) is 0 Å². The van der Waals surface area contributed by atoms with E-state index >= 15 is 0 Å². The maximum absolute atomic E-state index is 13.0. The van der Waals surface area contributed by atoms with Gasteiger partial charge in [-0.3, -0.25) is 4.79 Å². The van der Waals surface area contributed by atoms with Crippen LogP contribution in [0, 0.1) is 40.4 Å². The zero-order chi connectivity index (χ0) is 24.0. The first-order valence-electron chi connectivity index (χ1n) is 12.8. The highest BCUT2D eigenvalue weighted by Gasteiger charge is 2.47. The topological polar surface area (TPSA) is 90.8 Å². The summed E-state index contributed by atoms with van der Waals surface area (Å²) in [6, 6.07) is 1.83. The van der Waals surface area contributed by atoms with Crippen molar-refractivity contribution in [1.82, 2.24) is 15.3 Å². The van der Waals surface area contributed by atoms with Crippen LogP contribution >= 0.6 is 0 Å². The molecule has 2 aliphatic carbocycles. The molecule has 0 aromatic carbocycles. The van der Waals surface area contributed by atoms with Crippen LogP contribution in [0.5, 0.6) is 0 Å². The molecule has 4 aliphatic rings. The van der Waals surface area contributed by atoms with Gasteiger partial charge >= 0.3 is 0 Å². The van der Waals surface area contributed by atoms with Gasteiger partial charge in [0.15, 0.2) is 11.5 Å². The van der Waals surface area contributed by atoms with Crippen molar-refractivity contribution in [3.63, 3.8) is 0 Å². The van der Waals surface area contributed by atoms with Crippen molar-refractivity contribution >= 4 is 5.91 Å². The number of fused-ring (bicyclic) bond motifs is 2. The zero-order valence-electron chi connectivity index (χ0n) is 20.7. The molecule has 5 rings (SSSR count). The molecule has 0 spiro atoms. The number of H-pyrrole nitrogens is 1. The first kappa shape index (κ1) is 23.1. The summed E-state index contributed by atoms with van der Waals surface area (Å²) in [5.74, 6) is 1.49. The highest BCUT2D eigenvalue weighted by atomic mass is 16.5. The van der Waals surface area contributed by atoms with Crippen LogP contribution < -0.4 is 5.32 Å². The first-order valence-corrected chi connectivity index (χ1v) is 12.8. The number of amides is 1. The Morgan fingerprint density at radius 2 is 2.00 bits per heavy atom. The van der Waals surface area contributed by atoms with E-state index in [-0.39, 0.29) is 29.4 Å². The average molecular weight is 461 g/mol. The minimum absolute atomic E-state index is 0.130. The number of imidazole rings is 1. The Hall–Kier alpha value is -2.65. The summed E-state index contributed by atoms with van der Waals surface area (Å²) in [6.45, 7) is 9.34. The number of rotatable bonds is 4. The molecule has 0 radical (unpaired) electrons. The van der Waals surface area contributed by atoms with Gasteiger partial charge in [-0.15, -0.1) is 0 Å². The molecule has 7 atom stereocenters. The van der Waals surface area contributed by atoms with E-state index in [1.165, 1.54) is 30.2 Å². The molecule has 2 saturated heterocycles. The van der Waals surface area contributed by atoms with Crippen molar-refractivity contribution in [2.75, 3.05) is 0 Å². The smallest absolute Gasteiger partial charge is 0.287 e. The van der Waals surface area contributed by atoms with Crippen LogP contribution in [-0.2, 0) is 4.74 Å². The number of nitrogens with one attached hydrogen (secondary N) is 2. The number of nitrogens with zero attached hydrogens (tertiary/aromatic N) is 2. The molecule has 1 aromatic heterocycles. The third-order valence-corrected chi connectivity index (χ3v) is 8.67. The van der Waals surface area contributed by atoms with Gasteiger partial charge in [-0.1, -0.05) is 57.6 Å². The van der Waals surface area contributed by atoms with Gasteiger partial charge in [0.05, 0.1) is 18.2 Å². The fourth-order valence-corrected chi connectivity index (χ4v) is 6.52. The Labute approximate surface area is 202 Å². The SMILES string of the molecule is C[C@@H]1C(C2=CC(C3=CCC(C)(C)CC3)C(NC(=O)c3nc(C#N)c[nH]3)C=C2)[C@H](C)[C@@H]2CC[C@H]1O2. The summed E-state index contributed by atoms with van der Waals surface area (Å²) in [4.78, 5) is 19.9. The van der Waals surface area contributed by atoms with E-state index in [1.54, 1.807) is 0 Å². The predicted octanol–water partition coefficient (Wildman–Crippen LogP) is 5.08. The lowest BCUT2D eigenvalue weighted by Gasteiger charge is -2.42. The average Bonchev–Trinajstić information content (AvgIpc) is 3.48. The number of nitriles is 1. The lowest BCUT2D eigenvalue weighted by atomic mass is 9.69. The van der Waals surface area contributed by atoms with Gasteiger partial charge in [-0.2, -0.15) is 5.26 Å². The van der Waals surface area contributed by atoms with Gasteiger partial charge in [0.2, 0.25) is 0 Å². The Bertz CT molecular complexity index is 1070. The summed E-state index contributed by atoms with van der Waals surface area (Å²) in [5.41, 5.74) is 3.35. The number of aromatic nitrogens is 2. The number of ether oxygens (including phenoxy) is 1. The monoisotopic (exact) mass is 460 g/mol. The Morgan fingerprint density at radius 1 is 1.26 bits per heavy atom. The molecule has 1 aromatic rings. The summed E-state index contributed by atoms with van der Waals surface area (Å²) in [6.07, 6.45) is 17.0. The fraction of sp³-hybridized carbons (Fsp3) is 0.607. The van der Waals surface area contributed by atoms with Crippen LogP contribution in [0.15, 0.2) is 41.6 Å². The third kappa shape index (κ3) is 4.27. The summed E-state index contributed by atoms with van der Waals surface area (Å²) >= 11 is 0. The van der Waals surface area contributed by atoms with Crippen LogP contribution in [0.3, 0.4) is 0 Å². The Kier molecular flexibility index (Phi) is 6.02. The molecule has 2 N–H and O–H groups in total. The minimum atomic E-state index is -0.277. The molecule has 3 unspecified atom stereocenters. The highest BCUT2D eigenvalue weighted by Crippen LogP contribution is 2.48. The van der Waals surface area contributed by atoms with Crippen molar-refractivity contribution in [1.29, 1.82) is 5.26 Å². The van der Waals surface area contributed by atoms with Gasteiger partial charge in [-0.05, 0) is 60.8 Å². The van der Waals surface area contributed by atoms with E-state index in [9.17, 15) is 4.79 Å². The molecule has 0 saturated carbocycles. The number of hydrogen-bond acceptors (Lipinski definition) is 4. The van der Waals surface area contributed by atoms with E-state index < -0.39 is 0 Å². The molecule has 180 valence electrons. The summed E-state index contributed by atoms with van der Waals surface area (Å²) < 4.78 is 6.29. The van der Waals surface area contributed by atoms with Gasteiger partial charge in [-0.25, -0.2) is 4.98 Å². The number of allylic oxidation sites excluding steroid dienone is 3. The van der Waals surface area contributed by atoms with E-state index in [4.69, 9.17) is 10.00 Å². The maximum Gasteiger partial charge on any atom is 0.287 e. The van der Waals surface area contributed by atoms with E-state index in [0.717, 1.165) is 19.3 Å². The van der Waals surface area contributed by atoms with Crippen LogP contribution in [-0.4, -0.2) is 34.1 Å². The largest absolute Gasteiger partial charge is 0.374 e. The number of aromatic amines is 1. The molecule has 6 nitrogen and oxygen atoms in total. The molecule has 6 heteroatoms. The second-order valence-electron chi connectivity index (χ2n) is 11.5. The van der Waals surface area contributed by atoms with Gasteiger partial charge in [0, 0.05) is 12.1 Å². The van der Waals surface area contributed by atoms with Crippen molar-refractivity contribution in [3.05, 3.63) is 53.2 Å². The lowest BCUT2D eigenvalue weighted by Crippen LogP contribution is -2.44. The maximum atomic E-state index is 13.0. The number of carbonyl (C=O) groups is 1. The second kappa shape index (κ2) is 8.85. The quantitative estimate of drug-likeness (QED) is 0.613. The molecule has 2 aliphatic heterocycles. The van der Waals surface area contributed by atoms with Crippen LogP contribution in [0.1, 0.15) is 76.1 Å². The fourth-order valence-electron chi connectivity index (χ4n) is 6.52. The molecule has 1 amide bonds. The first-order chi connectivity index (χ1) is 16.3. The van der Waals surface area contributed by atoms with Gasteiger partial charge in [0.1, 0.15) is 6.07 Å². The molecule has 34 heavy (non-hydrogen) atoms. The van der Waals surface area contributed by atoms with Gasteiger partial charge in [0.25, 0.3) is 5.91 Å². The molecular weight excluding hydrogens is 424 g/mol. The van der Waals surface area contributed by atoms with Crippen molar-refractivity contribution in [2.45, 2.75) is 78.0 Å². The Balaban J connectivity index is 1.43. The predicted molar refractivity (Wildman–Crippen MR) is 131 cm³/mol. The Morgan fingerprint density at radius 3 is 2.62 bits per heavy atom. The number of carbonyl (C=O) groups excluding carboxylic acids is 1. The highest BCUT2D eigenvalue weighted by molar-refractivity contribution is 5.91. The summed E-state index contributed by atoms with van der Waals surface area (Å²) in [5, 5.41) is 12.2. The van der Waals surface area contributed by atoms with E-state index in [0.29, 0.717) is 35.4 Å². The van der Waals surface area contributed by atoms with Crippen molar-refractivity contribution in [3.8, 4) is 6.07 Å². The standard InChI is InChI=1S/C28H36N4O2/c1-16-23-7-8-24(34-23)17(2)25(16)19-5-6-22(32-27(33)26-30-15-20(14-29)31-26)21(13-19)18-9-11-28(3,4)12-10-18/h5-6,9,13,15-17,21-25H,7-8,10-12H2,1-4H3,(H,30,31)(H,32,33)/t16-,17+,21?,22?,23+,24-,25?. The van der Waals surface area contributed by atoms with E-state index in [1.807, 2.05) is 6.07 Å². The minimum Gasteiger partial charge on any atom is -0.374 e. The van der Waals surface area contributed by atoms with Gasteiger partial charge < -0.3 is 15.0 Å². The molecule has 2 fully saturated rings. The molecule has 2 bridgehead atoms. The number of hydrogen-bond donors (Lipinski definition) is 2. The molecular formula is C28H36N4O2. The van der Waals surface area contributed by atoms with Crippen molar-refractivity contribution < 1.29 is 9.53 Å². The van der Waals surface area contributed by atoms with E-state index in [2.05, 4.69) is 67.3 Å². The summed E-state index contributed by atoms with van der Waals surface area (Å²) in [7, 11) is 0. The third-order valence-electron chi connectivity index (χ3n) is 8.67. The van der Waals surface area contributed by atoms with Crippen LogP contribution in [0.4, 0.5) is 0 Å². The van der Waals surface area contributed by atoms with Crippen molar-refractivity contribution in [2.24, 2.45) is 29.1 Å². The normalized spacial score (nSPS) is 36.4. The van der Waals surface area contributed by atoms with Crippen LogP contribution in [0.25, 0.3) is 0 Å². The lowest BCUT2D eigenvalue weighted by molar-refractivity contribution is -0.0812. The second-order valence-corrected chi connectivity index (χ2v) is 11.5. The molecule has 3 heterocycles.